The van der Waals surface area contributed by atoms with E-state index in [0.29, 0.717) is 16.7 Å². The van der Waals surface area contributed by atoms with Crippen molar-refractivity contribution in [1.29, 1.82) is 0 Å². The zero-order chi connectivity index (χ0) is 33.0. The molecule has 0 bridgehead atoms. The standard InChI is InChI=1S/C40H26O6S2/c41-47(42,43)38-24-23-37(33-19-7-8-20-34(33)38)46-48(44,45)40-36(32-21-9-14-26-11-1-4-16-29(26)32)25-28-13-3-6-18-31(28)39(40)35-22-10-15-27-12-2-5-17-30(27)35/h1-25H,(H,41,42,43). The Morgan fingerprint density at radius 3 is 1.58 bits per heavy atom. The molecule has 0 atom stereocenters. The minimum absolute atomic E-state index is 0.0168. The monoisotopic (exact) mass is 666 g/mol. The van der Waals surface area contributed by atoms with Gasteiger partial charge in [-0.15, -0.1) is 0 Å². The van der Waals surface area contributed by atoms with Gasteiger partial charge in [0.25, 0.3) is 10.1 Å². The molecule has 0 aliphatic rings. The summed E-state index contributed by atoms with van der Waals surface area (Å²) in [5, 5.41) is 5.58. The van der Waals surface area contributed by atoms with Gasteiger partial charge in [0.15, 0.2) is 5.75 Å². The van der Waals surface area contributed by atoms with E-state index in [9.17, 15) is 13.0 Å². The molecule has 0 saturated heterocycles. The van der Waals surface area contributed by atoms with Crippen LogP contribution in [0.25, 0.3) is 65.3 Å². The fourth-order valence-electron chi connectivity index (χ4n) is 6.66. The van der Waals surface area contributed by atoms with Crippen LogP contribution in [0.5, 0.6) is 5.75 Å². The predicted molar refractivity (Wildman–Crippen MR) is 191 cm³/mol. The predicted octanol–water partition coefficient (Wildman–Crippen LogP) is 9.65. The van der Waals surface area contributed by atoms with E-state index in [1.54, 1.807) is 18.2 Å². The zero-order valence-corrected chi connectivity index (χ0v) is 26.9. The number of benzene rings is 8. The van der Waals surface area contributed by atoms with Crippen LogP contribution >= 0.6 is 0 Å². The molecule has 0 radical (unpaired) electrons. The molecule has 0 aliphatic carbocycles. The van der Waals surface area contributed by atoms with Crippen LogP contribution in [0.15, 0.2) is 161 Å². The Balaban J connectivity index is 1.50. The summed E-state index contributed by atoms with van der Waals surface area (Å²) in [7, 11) is -9.25. The third kappa shape index (κ3) is 4.98. The van der Waals surface area contributed by atoms with Crippen molar-refractivity contribution in [3.05, 3.63) is 152 Å². The van der Waals surface area contributed by atoms with Crippen LogP contribution in [0.2, 0.25) is 0 Å². The lowest BCUT2D eigenvalue weighted by molar-refractivity contribution is 0.484. The summed E-state index contributed by atoms with van der Waals surface area (Å²) in [4.78, 5) is -0.363. The lowest BCUT2D eigenvalue weighted by atomic mass is 9.89. The van der Waals surface area contributed by atoms with Crippen molar-refractivity contribution in [3.8, 4) is 28.0 Å². The van der Waals surface area contributed by atoms with Crippen LogP contribution < -0.4 is 4.18 Å². The summed E-state index contributed by atoms with van der Waals surface area (Å²) < 4.78 is 70.5. The van der Waals surface area contributed by atoms with E-state index in [1.807, 2.05) is 115 Å². The van der Waals surface area contributed by atoms with Crippen molar-refractivity contribution in [1.82, 2.24) is 0 Å². The van der Waals surface area contributed by atoms with Crippen molar-refractivity contribution < 1.29 is 25.6 Å². The summed E-state index contributed by atoms with van der Waals surface area (Å²) in [6.07, 6.45) is 0. The molecule has 8 heteroatoms. The average Bonchev–Trinajstić information content (AvgIpc) is 3.10. The fraction of sp³-hybridized carbons (Fsp3) is 0. The lowest BCUT2D eigenvalue weighted by Crippen LogP contribution is -2.14. The van der Waals surface area contributed by atoms with E-state index in [1.165, 1.54) is 12.1 Å². The van der Waals surface area contributed by atoms with Gasteiger partial charge in [-0.1, -0.05) is 133 Å². The van der Waals surface area contributed by atoms with Gasteiger partial charge >= 0.3 is 10.1 Å². The van der Waals surface area contributed by atoms with E-state index in [0.717, 1.165) is 43.9 Å². The Labute approximate surface area is 277 Å². The third-order valence-electron chi connectivity index (χ3n) is 8.71. The first kappa shape index (κ1) is 29.8. The van der Waals surface area contributed by atoms with Gasteiger partial charge in [-0.25, -0.2) is 0 Å². The molecular formula is C40H26O6S2. The minimum atomic E-state index is -4.65. The zero-order valence-electron chi connectivity index (χ0n) is 25.2. The topological polar surface area (TPSA) is 97.7 Å². The normalized spacial score (nSPS) is 12.2. The van der Waals surface area contributed by atoms with Crippen LogP contribution in [-0.2, 0) is 20.2 Å². The van der Waals surface area contributed by atoms with Crippen molar-refractivity contribution in [2.24, 2.45) is 0 Å². The fourth-order valence-corrected chi connectivity index (χ4v) is 8.73. The van der Waals surface area contributed by atoms with Gasteiger partial charge in [0.1, 0.15) is 9.79 Å². The van der Waals surface area contributed by atoms with Gasteiger partial charge in [0, 0.05) is 21.9 Å². The molecule has 6 nitrogen and oxygen atoms in total. The van der Waals surface area contributed by atoms with Gasteiger partial charge in [0.2, 0.25) is 0 Å². The molecule has 0 saturated carbocycles. The molecule has 8 rings (SSSR count). The van der Waals surface area contributed by atoms with E-state index >= 15 is 8.42 Å². The molecule has 0 amide bonds. The van der Waals surface area contributed by atoms with E-state index in [2.05, 4.69) is 0 Å². The molecule has 0 spiro atoms. The third-order valence-corrected chi connectivity index (χ3v) is 10.9. The van der Waals surface area contributed by atoms with Crippen LogP contribution in [-0.4, -0.2) is 21.4 Å². The highest BCUT2D eigenvalue weighted by atomic mass is 32.2. The summed E-state index contributed by atoms with van der Waals surface area (Å²) in [6, 6.07) is 45.6. The Bertz CT molecular complexity index is 2800. The van der Waals surface area contributed by atoms with Crippen LogP contribution in [0.4, 0.5) is 0 Å². The largest absolute Gasteiger partial charge is 0.378 e. The maximum Gasteiger partial charge on any atom is 0.340 e. The summed E-state index contributed by atoms with van der Waals surface area (Å²) >= 11 is 0. The highest BCUT2D eigenvalue weighted by molar-refractivity contribution is 7.87. The summed E-state index contributed by atoms with van der Waals surface area (Å²) in [5.41, 5.74) is 2.40. The summed E-state index contributed by atoms with van der Waals surface area (Å²) in [5.74, 6) is -0.0705. The first-order chi connectivity index (χ1) is 23.2. The van der Waals surface area contributed by atoms with E-state index in [-0.39, 0.29) is 26.3 Å². The highest BCUT2D eigenvalue weighted by Crippen LogP contribution is 2.46. The molecule has 0 aromatic heterocycles. The molecule has 0 unspecified atom stereocenters. The molecule has 48 heavy (non-hydrogen) atoms. The number of fused-ring (bicyclic) bond motifs is 4. The van der Waals surface area contributed by atoms with Gasteiger partial charge < -0.3 is 4.18 Å². The van der Waals surface area contributed by atoms with Gasteiger partial charge in [-0.05, 0) is 61.6 Å². The van der Waals surface area contributed by atoms with Gasteiger partial charge in [0.05, 0.1) is 0 Å². The smallest absolute Gasteiger partial charge is 0.340 e. The average molecular weight is 667 g/mol. The number of rotatable bonds is 6. The van der Waals surface area contributed by atoms with Crippen LogP contribution in [0.1, 0.15) is 0 Å². The Morgan fingerprint density at radius 1 is 0.438 bits per heavy atom. The Hall–Kier alpha value is -5.54. The molecule has 8 aromatic carbocycles. The SMILES string of the molecule is O=S(=O)(O)c1ccc(OS(=O)(=O)c2c(-c3cccc4ccccc34)cc3ccccc3c2-c2cccc3ccccc23)c2ccccc12. The molecule has 0 aliphatic heterocycles. The van der Waals surface area contributed by atoms with Gasteiger partial charge in [-0.3, -0.25) is 4.55 Å². The molecular weight excluding hydrogens is 641 g/mol. The maximum atomic E-state index is 15.0. The second-order valence-corrected chi connectivity index (χ2v) is 14.4. The van der Waals surface area contributed by atoms with E-state index < -0.39 is 20.2 Å². The first-order valence-corrected chi connectivity index (χ1v) is 18.0. The first-order valence-electron chi connectivity index (χ1n) is 15.2. The van der Waals surface area contributed by atoms with Crippen LogP contribution in [0, 0.1) is 0 Å². The Morgan fingerprint density at radius 2 is 0.938 bits per heavy atom. The molecule has 8 aromatic rings. The minimum Gasteiger partial charge on any atom is -0.378 e. The molecule has 0 heterocycles. The number of hydrogen-bond donors (Lipinski definition) is 1. The van der Waals surface area contributed by atoms with Crippen molar-refractivity contribution in [2.75, 3.05) is 0 Å². The highest BCUT2D eigenvalue weighted by Gasteiger charge is 2.31. The summed E-state index contributed by atoms with van der Waals surface area (Å²) in [6.45, 7) is 0. The Kier molecular flexibility index (Phi) is 7.03. The number of hydrogen-bond acceptors (Lipinski definition) is 5. The van der Waals surface area contributed by atoms with Crippen molar-refractivity contribution in [3.63, 3.8) is 0 Å². The molecule has 0 fully saturated rings. The van der Waals surface area contributed by atoms with E-state index in [4.69, 9.17) is 4.18 Å². The molecule has 1 N–H and O–H groups in total. The maximum absolute atomic E-state index is 15.0. The second-order valence-electron chi connectivity index (χ2n) is 11.5. The quantitative estimate of drug-likeness (QED) is 0.140. The van der Waals surface area contributed by atoms with Crippen molar-refractivity contribution in [2.45, 2.75) is 9.79 Å². The molecule has 234 valence electrons. The lowest BCUT2D eigenvalue weighted by Gasteiger charge is -2.21. The van der Waals surface area contributed by atoms with Crippen LogP contribution in [0.3, 0.4) is 0 Å². The van der Waals surface area contributed by atoms with Crippen molar-refractivity contribution >= 4 is 63.3 Å². The second kappa shape index (κ2) is 11.3. The van der Waals surface area contributed by atoms with Gasteiger partial charge in [-0.2, -0.15) is 16.8 Å².